The Balaban J connectivity index is 1.76. The van der Waals surface area contributed by atoms with Gasteiger partial charge in [-0.05, 0) is 37.1 Å². The Labute approximate surface area is 156 Å². The lowest BCUT2D eigenvalue weighted by atomic mass is 9.82. The third kappa shape index (κ3) is 3.77. The molecule has 0 bridgehead atoms. The van der Waals surface area contributed by atoms with Crippen LogP contribution in [0, 0.1) is 17.1 Å². The van der Waals surface area contributed by atoms with Crippen LogP contribution in [0.4, 0.5) is 14.9 Å². The molecule has 27 heavy (non-hydrogen) atoms. The lowest BCUT2D eigenvalue weighted by Crippen LogP contribution is -2.49. The summed E-state index contributed by atoms with van der Waals surface area (Å²) in [6.45, 7) is -0.315. The van der Waals surface area contributed by atoms with E-state index in [4.69, 9.17) is 5.26 Å². The zero-order valence-electron chi connectivity index (χ0n) is 14.9. The molecule has 0 unspecified atom stereocenters. The van der Waals surface area contributed by atoms with Crippen LogP contribution in [0.1, 0.15) is 38.5 Å². The zero-order valence-corrected chi connectivity index (χ0v) is 14.9. The molecule has 4 amide bonds. The first-order valence-electron chi connectivity index (χ1n) is 9.04. The van der Waals surface area contributed by atoms with Gasteiger partial charge in [0.2, 0.25) is 5.91 Å². The van der Waals surface area contributed by atoms with Crippen LogP contribution in [0.5, 0.6) is 0 Å². The number of imide groups is 1. The Morgan fingerprint density at radius 3 is 2.52 bits per heavy atom. The molecule has 3 rings (SSSR count). The molecule has 1 aliphatic heterocycles. The van der Waals surface area contributed by atoms with Crippen LogP contribution in [-0.4, -0.2) is 41.4 Å². The maximum atomic E-state index is 13.2. The first-order valence-corrected chi connectivity index (χ1v) is 9.04. The van der Waals surface area contributed by atoms with E-state index in [1.165, 1.54) is 29.2 Å². The monoisotopic (exact) mass is 372 g/mol. The molecular formula is C19H21FN4O3. The number of nitriles is 1. The molecule has 2 fully saturated rings. The van der Waals surface area contributed by atoms with Gasteiger partial charge < -0.3 is 10.2 Å². The number of halogens is 1. The third-order valence-electron chi connectivity index (χ3n) is 5.13. The van der Waals surface area contributed by atoms with E-state index in [9.17, 15) is 18.8 Å². The minimum atomic E-state index is -0.886. The minimum absolute atomic E-state index is 0.0766. The van der Waals surface area contributed by atoms with Crippen molar-refractivity contribution < 1.29 is 18.8 Å². The molecular weight excluding hydrogens is 351 g/mol. The average Bonchev–Trinajstić information content (AvgIpc) is 2.88. The summed E-state index contributed by atoms with van der Waals surface area (Å²) in [4.78, 5) is 40.2. The molecule has 2 aliphatic rings. The highest BCUT2D eigenvalue weighted by atomic mass is 19.1. The number of nitrogens with zero attached hydrogens (tertiary/aromatic N) is 3. The number of rotatable bonds is 5. The van der Waals surface area contributed by atoms with Gasteiger partial charge in [-0.2, -0.15) is 5.26 Å². The van der Waals surface area contributed by atoms with Crippen molar-refractivity contribution in [3.63, 3.8) is 0 Å². The van der Waals surface area contributed by atoms with Crippen molar-refractivity contribution in [2.75, 3.05) is 18.0 Å². The van der Waals surface area contributed by atoms with Crippen LogP contribution in [0.3, 0.4) is 0 Å². The Kier molecular flexibility index (Phi) is 5.40. The first-order chi connectivity index (χ1) is 13.0. The van der Waals surface area contributed by atoms with Gasteiger partial charge in [-0.1, -0.05) is 19.3 Å². The summed E-state index contributed by atoms with van der Waals surface area (Å²) in [6.07, 6.45) is 3.98. The number of anilines is 1. The van der Waals surface area contributed by atoms with Gasteiger partial charge in [-0.3, -0.25) is 14.5 Å². The third-order valence-corrected chi connectivity index (χ3v) is 5.13. The van der Waals surface area contributed by atoms with Crippen LogP contribution in [0.2, 0.25) is 0 Å². The molecule has 1 saturated heterocycles. The second-order valence-corrected chi connectivity index (χ2v) is 6.89. The minimum Gasteiger partial charge on any atom is -0.323 e. The fourth-order valence-electron chi connectivity index (χ4n) is 3.72. The van der Waals surface area contributed by atoms with Crippen LogP contribution in [0.15, 0.2) is 24.3 Å². The van der Waals surface area contributed by atoms with Gasteiger partial charge in [0.1, 0.15) is 17.9 Å². The number of amides is 4. The summed E-state index contributed by atoms with van der Waals surface area (Å²) in [5, 5.41) is 11.6. The van der Waals surface area contributed by atoms with Gasteiger partial charge in [0.15, 0.2) is 0 Å². The smallest absolute Gasteiger partial charge is 0.323 e. The molecule has 0 atom stereocenters. The predicted molar refractivity (Wildman–Crippen MR) is 95.0 cm³/mol. The number of benzene rings is 1. The number of nitrogens with one attached hydrogen (secondary N) is 1. The Morgan fingerprint density at radius 1 is 1.22 bits per heavy atom. The van der Waals surface area contributed by atoms with E-state index in [2.05, 4.69) is 5.32 Å². The van der Waals surface area contributed by atoms with Crippen molar-refractivity contribution in [3.8, 4) is 6.07 Å². The van der Waals surface area contributed by atoms with Crippen LogP contribution < -0.4 is 10.2 Å². The zero-order chi connectivity index (χ0) is 19.4. The van der Waals surface area contributed by atoms with E-state index < -0.39 is 29.8 Å². The summed E-state index contributed by atoms with van der Waals surface area (Å²) < 4.78 is 13.2. The van der Waals surface area contributed by atoms with Crippen LogP contribution in [0.25, 0.3) is 0 Å². The molecule has 1 spiro atoms. The van der Waals surface area contributed by atoms with E-state index in [1.807, 2.05) is 6.07 Å². The first kappa shape index (κ1) is 18.8. The van der Waals surface area contributed by atoms with Crippen molar-refractivity contribution in [2.45, 2.75) is 44.1 Å². The maximum absolute atomic E-state index is 13.2. The van der Waals surface area contributed by atoms with Crippen molar-refractivity contribution in [3.05, 3.63) is 30.1 Å². The number of urea groups is 1. The standard InChI is InChI=1S/C19H21FN4O3/c20-14-5-7-15(8-6-14)23(12-4-11-21)16(25)13-24-17(26)19(22-18(24)27)9-2-1-3-10-19/h5-8H,1-4,9-10,12-13H2,(H,22,27). The number of hydrogen-bond donors (Lipinski definition) is 1. The van der Waals surface area contributed by atoms with Crippen molar-refractivity contribution in [2.24, 2.45) is 0 Å². The normalized spacial score (nSPS) is 18.3. The Hall–Kier alpha value is -2.95. The van der Waals surface area contributed by atoms with Gasteiger partial charge in [0.25, 0.3) is 5.91 Å². The quantitative estimate of drug-likeness (QED) is 0.803. The summed E-state index contributed by atoms with van der Waals surface area (Å²) in [7, 11) is 0. The fraction of sp³-hybridized carbons (Fsp3) is 0.474. The molecule has 0 aromatic heterocycles. The van der Waals surface area contributed by atoms with E-state index in [1.54, 1.807) is 0 Å². The highest BCUT2D eigenvalue weighted by Gasteiger charge is 2.51. The van der Waals surface area contributed by atoms with Crippen LogP contribution >= 0.6 is 0 Å². The molecule has 7 nitrogen and oxygen atoms in total. The van der Waals surface area contributed by atoms with E-state index in [-0.39, 0.29) is 18.9 Å². The molecule has 1 N–H and O–H groups in total. The second kappa shape index (κ2) is 7.74. The average molecular weight is 372 g/mol. The highest BCUT2D eigenvalue weighted by Crippen LogP contribution is 2.33. The molecule has 1 aromatic carbocycles. The predicted octanol–water partition coefficient (Wildman–Crippen LogP) is 2.33. The Morgan fingerprint density at radius 2 is 1.89 bits per heavy atom. The number of carbonyl (C=O) groups excluding carboxylic acids is 3. The summed E-state index contributed by atoms with van der Waals surface area (Å²) in [5.74, 6) is -1.30. The van der Waals surface area contributed by atoms with E-state index in [0.29, 0.717) is 18.5 Å². The number of carbonyl (C=O) groups is 3. The van der Waals surface area contributed by atoms with Gasteiger partial charge in [0.05, 0.1) is 12.5 Å². The summed E-state index contributed by atoms with van der Waals surface area (Å²) in [6, 6.07) is 6.69. The molecule has 8 heteroatoms. The molecule has 1 heterocycles. The second-order valence-electron chi connectivity index (χ2n) is 6.89. The maximum Gasteiger partial charge on any atom is 0.325 e. The van der Waals surface area contributed by atoms with Crippen molar-refractivity contribution >= 4 is 23.5 Å². The number of hydrogen-bond acceptors (Lipinski definition) is 4. The van der Waals surface area contributed by atoms with Gasteiger partial charge >= 0.3 is 6.03 Å². The highest BCUT2D eigenvalue weighted by molar-refractivity contribution is 6.10. The SMILES string of the molecule is N#CCCN(C(=O)CN1C(=O)NC2(CCCCC2)C1=O)c1ccc(F)cc1. The largest absolute Gasteiger partial charge is 0.325 e. The summed E-state index contributed by atoms with van der Waals surface area (Å²) in [5.41, 5.74) is -0.473. The van der Waals surface area contributed by atoms with E-state index >= 15 is 0 Å². The fourth-order valence-corrected chi connectivity index (χ4v) is 3.72. The van der Waals surface area contributed by atoms with Gasteiger partial charge in [0, 0.05) is 12.2 Å². The summed E-state index contributed by atoms with van der Waals surface area (Å²) >= 11 is 0. The van der Waals surface area contributed by atoms with Crippen molar-refractivity contribution in [1.29, 1.82) is 5.26 Å². The van der Waals surface area contributed by atoms with Crippen molar-refractivity contribution in [1.82, 2.24) is 10.2 Å². The molecule has 1 aromatic rings. The lowest BCUT2D eigenvalue weighted by Gasteiger charge is -2.30. The molecule has 142 valence electrons. The van der Waals surface area contributed by atoms with Crippen LogP contribution in [-0.2, 0) is 9.59 Å². The van der Waals surface area contributed by atoms with Gasteiger partial charge in [-0.15, -0.1) is 0 Å². The lowest BCUT2D eigenvalue weighted by molar-refractivity contribution is -0.135. The molecule has 1 saturated carbocycles. The molecule has 1 aliphatic carbocycles. The Bertz CT molecular complexity index is 781. The molecule has 0 radical (unpaired) electrons. The van der Waals surface area contributed by atoms with E-state index in [0.717, 1.165) is 24.2 Å². The topological polar surface area (TPSA) is 93.5 Å². The van der Waals surface area contributed by atoms with Gasteiger partial charge in [-0.25, -0.2) is 9.18 Å².